The van der Waals surface area contributed by atoms with Crippen LogP contribution in [-0.4, -0.2) is 27.1 Å². The third kappa shape index (κ3) is 3.53. The van der Waals surface area contributed by atoms with Crippen LogP contribution in [0.5, 0.6) is 0 Å². The summed E-state index contributed by atoms with van der Waals surface area (Å²) in [5.41, 5.74) is 4.14. The van der Waals surface area contributed by atoms with Crippen molar-refractivity contribution in [3.05, 3.63) is 56.8 Å². The van der Waals surface area contributed by atoms with Gasteiger partial charge in [0.1, 0.15) is 5.69 Å². The van der Waals surface area contributed by atoms with Gasteiger partial charge in [-0.1, -0.05) is 0 Å². The van der Waals surface area contributed by atoms with Crippen molar-refractivity contribution < 1.29 is 4.79 Å². The summed E-state index contributed by atoms with van der Waals surface area (Å²) in [5.74, 6) is -0.177. The molecule has 2 aromatic heterocycles. The number of nitrogens with one attached hydrogen (secondary N) is 2. The molecule has 0 saturated carbocycles. The molecule has 6 heteroatoms. The van der Waals surface area contributed by atoms with Crippen molar-refractivity contribution in [1.82, 2.24) is 20.5 Å². The number of hydrogen-bond donors (Lipinski definition) is 2. The molecule has 3 rings (SSSR count). The normalized spacial score (nSPS) is 13.6. The summed E-state index contributed by atoms with van der Waals surface area (Å²) in [6.07, 6.45) is 6.08. The van der Waals surface area contributed by atoms with Gasteiger partial charge >= 0.3 is 0 Å². The van der Waals surface area contributed by atoms with E-state index >= 15 is 0 Å². The Balaban J connectivity index is 1.87. The predicted molar refractivity (Wildman–Crippen MR) is 91.1 cm³/mol. The number of hydrogen-bond acceptors (Lipinski definition) is 4. The van der Waals surface area contributed by atoms with Gasteiger partial charge in [0, 0.05) is 24.2 Å². The van der Waals surface area contributed by atoms with E-state index < -0.39 is 0 Å². The van der Waals surface area contributed by atoms with Crippen molar-refractivity contribution in [3.8, 4) is 0 Å². The molecular weight excluding hydrogens is 304 g/mol. The van der Waals surface area contributed by atoms with Gasteiger partial charge in [-0.05, 0) is 62.8 Å². The van der Waals surface area contributed by atoms with Crippen LogP contribution in [0.15, 0.2) is 23.1 Å². The number of nitrogens with zero attached hydrogens (tertiary/aromatic N) is 2. The Kier molecular flexibility index (Phi) is 4.74. The summed E-state index contributed by atoms with van der Waals surface area (Å²) in [7, 11) is 0. The first-order valence-corrected chi connectivity index (χ1v) is 8.39. The van der Waals surface area contributed by atoms with Crippen molar-refractivity contribution >= 4 is 5.91 Å². The lowest BCUT2D eigenvalue weighted by Crippen LogP contribution is -2.30. The zero-order valence-electron chi connectivity index (χ0n) is 14.1. The lowest BCUT2D eigenvalue weighted by molar-refractivity contribution is 0.0938. The summed E-state index contributed by atoms with van der Waals surface area (Å²) >= 11 is 0. The van der Waals surface area contributed by atoms with Crippen molar-refractivity contribution in [2.45, 2.75) is 52.0 Å². The van der Waals surface area contributed by atoms with Crippen LogP contribution in [-0.2, 0) is 19.3 Å². The number of aromatic nitrogens is 3. The number of fused-ring (bicyclic) bond motifs is 1. The smallest absolute Gasteiger partial charge is 0.270 e. The highest BCUT2D eigenvalue weighted by Crippen LogP contribution is 2.22. The second-order valence-electron chi connectivity index (χ2n) is 6.52. The van der Waals surface area contributed by atoms with Crippen molar-refractivity contribution in [2.75, 3.05) is 0 Å². The van der Waals surface area contributed by atoms with E-state index in [9.17, 15) is 9.59 Å². The largest absolute Gasteiger partial charge is 0.349 e. The van der Waals surface area contributed by atoms with Crippen LogP contribution in [0, 0.1) is 0 Å². The molecule has 6 nitrogen and oxygen atoms in total. The van der Waals surface area contributed by atoms with E-state index in [0.29, 0.717) is 12.1 Å². The number of aromatic amines is 1. The molecule has 24 heavy (non-hydrogen) atoms. The summed E-state index contributed by atoms with van der Waals surface area (Å²) in [5, 5.41) is 9.71. The van der Waals surface area contributed by atoms with Gasteiger partial charge in [-0.25, -0.2) is 5.10 Å². The highest BCUT2D eigenvalue weighted by molar-refractivity contribution is 5.92. The molecule has 1 aliphatic rings. The second-order valence-corrected chi connectivity index (χ2v) is 6.52. The van der Waals surface area contributed by atoms with Crippen molar-refractivity contribution in [1.29, 1.82) is 0 Å². The molecule has 1 amide bonds. The summed E-state index contributed by atoms with van der Waals surface area (Å²) in [4.78, 5) is 28.2. The molecule has 2 heterocycles. The third-order valence-electron chi connectivity index (χ3n) is 4.23. The Bertz CT molecular complexity index is 811. The van der Waals surface area contributed by atoms with Gasteiger partial charge in [-0.2, -0.15) is 5.10 Å². The molecule has 0 spiro atoms. The minimum atomic E-state index is -0.177. The average molecular weight is 326 g/mol. The van der Waals surface area contributed by atoms with Crippen LogP contribution in [0.25, 0.3) is 0 Å². The van der Waals surface area contributed by atoms with Gasteiger partial charge in [-0.3, -0.25) is 14.6 Å². The monoisotopic (exact) mass is 326 g/mol. The number of carbonyl (C=O) groups excluding carboxylic acids is 1. The van der Waals surface area contributed by atoms with E-state index in [0.717, 1.165) is 48.1 Å². The SMILES string of the molecule is CC(C)NC(=O)c1cc(Cc2n[nH]c(=O)c3c2CCCC3)ccn1. The number of carbonyl (C=O) groups is 1. The van der Waals surface area contributed by atoms with E-state index in [1.807, 2.05) is 19.9 Å². The van der Waals surface area contributed by atoms with Gasteiger partial charge in [0.05, 0.1) is 5.69 Å². The maximum atomic E-state index is 12.1. The van der Waals surface area contributed by atoms with Gasteiger partial charge in [0.2, 0.25) is 0 Å². The maximum absolute atomic E-state index is 12.1. The van der Waals surface area contributed by atoms with Crippen LogP contribution >= 0.6 is 0 Å². The topological polar surface area (TPSA) is 87.7 Å². The zero-order chi connectivity index (χ0) is 17.1. The molecule has 0 unspecified atom stereocenters. The van der Waals surface area contributed by atoms with Crippen LogP contribution in [0.3, 0.4) is 0 Å². The second kappa shape index (κ2) is 6.95. The fourth-order valence-corrected chi connectivity index (χ4v) is 3.11. The molecule has 0 radical (unpaired) electrons. The lowest BCUT2D eigenvalue weighted by atomic mass is 9.90. The Labute approximate surface area is 140 Å². The van der Waals surface area contributed by atoms with Crippen LogP contribution < -0.4 is 10.9 Å². The Morgan fingerprint density at radius 3 is 2.79 bits per heavy atom. The number of amides is 1. The Hall–Kier alpha value is -2.50. The van der Waals surface area contributed by atoms with Gasteiger partial charge in [0.25, 0.3) is 11.5 Å². The summed E-state index contributed by atoms with van der Waals surface area (Å²) in [6.45, 7) is 3.83. The molecule has 0 atom stereocenters. The summed E-state index contributed by atoms with van der Waals surface area (Å²) in [6, 6.07) is 3.74. The first-order valence-electron chi connectivity index (χ1n) is 8.39. The highest BCUT2D eigenvalue weighted by atomic mass is 16.2. The van der Waals surface area contributed by atoms with E-state index in [1.165, 1.54) is 0 Å². The molecule has 2 N–H and O–H groups in total. The lowest BCUT2D eigenvalue weighted by Gasteiger charge is -2.17. The van der Waals surface area contributed by atoms with Gasteiger partial charge < -0.3 is 5.32 Å². The molecule has 0 fully saturated rings. The van der Waals surface area contributed by atoms with Gasteiger partial charge in [-0.15, -0.1) is 0 Å². The number of rotatable bonds is 4. The minimum Gasteiger partial charge on any atom is -0.349 e. The molecule has 0 bridgehead atoms. The minimum absolute atomic E-state index is 0.0656. The molecule has 0 saturated heterocycles. The van der Waals surface area contributed by atoms with E-state index in [2.05, 4.69) is 20.5 Å². The first-order chi connectivity index (χ1) is 11.5. The molecule has 126 valence electrons. The third-order valence-corrected chi connectivity index (χ3v) is 4.23. The first kappa shape index (κ1) is 16.4. The van der Waals surface area contributed by atoms with Crippen LogP contribution in [0.1, 0.15) is 59.6 Å². The maximum Gasteiger partial charge on any atom is 0.270 e. The average Bonchev–Trinajstić information content (AvgIpc) is 2.57. The molecular formula is C18H22N4O2. The summed E-state index contributed by atoms with van der Waals surface area (Å²) < 4.78 is 0. The Morgan fingerprint density at radius 2 is 2.04 bits per heavy atom. The van der Waals surface area contributed by atoms with Gasteiger partial charge in [0.15, 0.2) is 0 Å². The molecule has 0 aromatic carbocycles. The fourth-order valence-electron chi connectivity index (χ4n) is 3.11. The van der Waals surface area contributed by atoms with Crippen molar-refractivity contribution in [3.63, 3.8) is 0 Å². The fraction of sp³-hybridized carbons (Fsp3) is 0.444. The number of pyridine rings is 1. The molecule has 0 aliphatic heterocycles. The van der Waals surface area contributed by atoms with E-state index in [-0.39, 0.29) is 17.5 Å². The van der Waals surface area contributed by atoms with Crippen molar-refractivity contribution in [2.24, 2.45) is 0 Å². The van der Waals surface area contributed by atoms with E-state index in [1.54, 1.807) is 12.3 Å². The predicted octanol–water partition coefficient (Wildman–Crippen LogP) is 1.77. The molecule has 1 aliphatic carbocycles. The highest BCUT2D eigenvalue weighted by Gasteiger charge is 2.18. The zero-order valence-corrected chi connectivity index (χ0v) is 14.1. The number of H-pyrrole nitrogens is 1. The standard InChI is InChI=1S/C18H22N4O2/c1-11(2)20-18(24)16-10-12(7-8-19-16)9-15-13-5-3-4-6-14(13)17(23)22-21-15/h7-8,10-11H,3-6,9H2,1-2H3,(H,20,24)(H,22,23). The van der Waals surface area contributed by atoms with E-state index in [4.69, 9.17) is 0 Å². The Morgan fingerprint density at radius 1 is 1.29 bits per heavy atom. The van der Waals surface area contributed by atoms with Crippen LogP contribution in [0.4, 0.5) is 0 Å². The molecule has 2 aromatic rings. The van der Waals surface area contributed by atoms with Crippen LogP contribution in [0.2, 0.25) is 0 Å². The quantitative estimate of drug-likeness (QED) is 0.896.